The lowest BCUT2D eigenvalue weighted by atomic mass is 10.4. The summed E-state index contributed by atoms with van der Waals surface area (Å²) in [5.41, 5.74) is 7.39. The van der Waals surface area contributed by atoms with Gasteiger partial charge in [0.2, 0.25) is 5.88 Å². The fraction of sp³-hybridized carbons (Fsp3) is 0.700. The minimum absolute atomic E-state index is 0.673. The third-order valence-corrected chi connectivity index (χ3v) is 2.00. The van der Waals surface area contributed by atoms with Crippen molar-refractivity contribution in [2.45, 2.75) is 40.2 Å². The van der Waals surface area contributed by atoms with E-state index in [9.17, 15) is 0 Å². The van der Waals surface area contributed by atoms with E-state index >= 15 is 0 Å². The van der Waals surface area contributed by atoms with Crippen LogP contribution in [-0.2, 0) is 6.54 Å². The Balaban J connectivity index is 2.85. The highest BCUT2D eigenvalue weighted by molar-refractivity contribution is 5.52. The molecule has 4 nitrogen and oxygen atoms in total. The van der Waals surface area contributed by atoms with Crippen LogP contribution in [0.3, 0.4) is 0 Å². The molecule has 0 unspecified atom stereocenters. The van der Waals surface area contributed by atoms with E-state index in [-0.39, 0.29) is 0 Å². The van der Waals surface area contributed by atoms with Crippen LogP contribution in [0.15, 0.2) is 0 Å². The van der Waals surface area contributed by atoms with Gasteiger partial charge in [0.05, 0.1) is 12.3 Å². The largest absolute Gasteiger partial charge is 0.476 e. The SMILES string of the molecule is CCCOc1c(N)c(C)nn1CCC. The number of aromatic nitrogens is 2. The molecule has 80 valence electrons. The summed E-state index contributed by atoms with van der Waals surface area (Å²) in [6, 6.07) is 0. The van der Waals surface area contributed by atoms with Crippen molar-refractivity contribution in [1.29, 1.82) is 0 Å². The summed E-state index contributed by atoms with van der Waals surface area (Å²) in [7, 11) is 0. The second kappa shape index (κ2) is 4.88. The molecular formula is C10H19N3O. The fourth-order valence-corrected chi connectivity index (χ4v) is 1.29. The number of nitrogens with zero attached hydrogens (tertiary/aromatic N) is 2. The topological polar surface area (TPSA) is 53.1 Å². The van der Waals surface area contributed by atoms with Gasteiger partial charge >= 0.3 is 0 Å². The molecule has 0 aromatic carbocycles. The summed E-state index contributed by atoms with van der Waals surface area (Å²) in [6.07, 6.45) is 2.01. The molecule has 1 aromatic heterocycles. The van der Waals surface area contributed by atoms with E-state index in [1.54, 1.807) is 0 Å². The Labute approximate surface area is 85.0 Å². The first kappa shape index (κ1) is 10.9. The molecule has 1 heterocycles. The average Bonchev–Trinajstić information content (AvgIpc) is 2.42. The number of anilines is 1. The molecule has 0 saturated carbocycles. The molecule has 0 radical (unpaired) electrons. The van der Waals surface area contributed by atoms with E-state index in [1.807, 2.05) is 11.6 Å². The quantitative estimate of drug-likeness (QED) is 0.785. The predicted molar refractivity (Wildman–Crippen MR) is 57.5 cm³/mol. The first-order chi connectivity index (χ1) is 6.70. The van der Waals surface area contributed by atoms with Gasteiger partial charge in [0.25, 0.3) is 0 Å². The van der Waals surface area contributed by atoms with Crippen molar-refractivity contribution in [3.8, 4) is 5.88 Å². The zero-order valence-electron chi connectivity index (χ0n) is 9.21. The number of hydrogen-bond acceptors (Lipinski definition) is 3. The maximum Gasteiger partial charge on any atom is 0.236 e. The van der Waals surface area contributed by atoms with Gasteiger partial charge in [-0.25, -0.2) is 4.68 Å². The molecule has 0 aliphatic heterocycles. The molecule has 0 amide bonds. The van der Waals surface area contributed by atoms with Crippen molar-refractivity contribution in [3.63, 3.8) is 0 Å². The highest BCUT2D eigenvalue weighted by atomic mass is 16.5. The van der Waals surface area contributed by atoms with Crippen LogP contribution in [0.4, 0.5) is 5.69 Å². The maximum absolute atomic E-state index is 5.87. The minimum atomic E-state index is 0.673. The zero-order chi connectivity index (χ0) is 10.6. The molecule has 0 bridgehead atoms. The summed E-state index contributed by atoms with van der Waals surface area (Å²) in [6.45, 7) is 7.64. The van der Waals surface area contributed by atoms with Crippen LogP contribution < -0.4 is 10.5 Å². The van der Waals surface area contributed by atoms with E-state index in [1.165, 1.54) is 0 Å². The lowest BCUT2D eigenvalue weighted by molar-refractivity contribution is 0.284. The lowest BCUT2D eigenvalue weighted by Gasteiger charge is -2.07. The number of ether oxygens (including phenoxy) is 1. The van der Waals surface area contributed by atoms with E-state index in [4.69, 9.17) is 10.5 Å². The van der Waals surface area contributed by atoms with Crippen molar-refractivity contribution < 1.29 is 4.74 Å². The van der Waals surface area contributed by atoms with Crippen molar-refractivity contribution in [2.24, 2.45) is 0 Å². The second-order valence-corrected chi connectivity index (χ2v) is 3.38. The second-order valence-electron chi connectivity index (χ2n) is 3.38. The third kappa shape index (κ3) is 2.19. The molecule has 0 spiro atoms. The summed E-state index contributed by atoms with van der Waals surface area (Å²) in [5.74, 6) is 0.728. The van der Waals surface area contributed by atoms with Gasteiger partial charge in [-0.05, 0) is 19.8 Å². The molecule has 0 aliphatic rings. The molecule has 1 aromatic rings. The monoisotopic (exact) mass is 197 g/mol. The van der Waals surface area contributed by atoms with Gasteiger partial charge in [-0.2, -0.15) is 5.10 Å². The summed E-state index contributed by atoms with van der Waals surface area (Å²) >= 11 is 0. The molecular weight excluding hydrogens is 178 g/mol. The molecule has 0 aliphatic carbocycles. The Morgan fingerprint density at radius 1 is 1.36 bits per heavy atom. The van der Waals surface area contributed by atoms with Crippen LogP contribution in [0, 0.1) is 6.92 Å². The van der Waals surface area contributed by atoms with Crippen LogP contribution in [-0.4, -0.2) is 16.4 Å². The van der Waals surface area contributed by atoms with Gasteiger partial charge in [-0.1, -0.05) is 13.8 Å². The van der Waals surface area contributed by atoms with Crippen LogP contribution in [0.2, 0.25) is 0 Å². The van der Waals surface area contributed by atoms with Crippen molar-refractivity contribution in [3.05, 3.63) is 5.69 Å². The number of nitrogen functional groups attached to an aromatic ring is 1. The van der Waals surface area contributed by atoms with Crippen molar-refractivity contribution >= 4 is 5.69 Å². The smallest absolute Gasteiger partial charge is 0.236 e. The van der Waals surface area contributed by atoms with Crippen LogP contribution >= 0.6 is 0 Å². The van der Waals surface area contributed by atoms with Crippen molar-refractivity contribution in [1.82, 2.24) is 9.78 Å². The van der Waals surface area contributed by atoms with Gasteiger partial charge in [0.15, 0.2) is 0 Å². The molecule has 14 heavy (non-hydrogen) atoms. The standard InChI is InChI=1S/C10H19N3O/c1-4-6-13-10(14-7-5-2)9(11)8(3)12-13/h4-7,11H2,1-3H3. The lowest BCUT2D eigenvalue weighted by Crippen LogP contribution is -2.06. The first-order valence-electron chi connectivity index (χ1n) is 5.16. The molecule has 4 heteroatoms. The minimum Gasteiger partial charge on any atom is -0.476 e. The Morgan fingerprint density at radius 3 is 2.64 bits per heavy atom. The van der Waals surface area contributed by atoms with Crippen LogP contribution in [0.5, 0.6) is 5.88 Å². The van der Waals surface area contributed by atoms with Gasteiger partial charge in [-0.3, -0.25) is 0 Å². The summed E-state index contributed by atoms with van der Waals surface area (Å²) < 4.78 is 7.41. The number of hydrogen-bond donors (Lipinski definition) is 1. The Kier molecular flexibility index (Phi) is 3.80. The normalized spacial score (nSPS) is 10.5. The van der Waals surface area contributed by atoms with Crippen LogP contribution in [0.1, 0.15) is 32.4 Å². The maximum atomic E-state index is 5.87. The molecule has 0 atom stereocenters. The van der Waals surface area contributed by atoms with E-state index < -0.39 is 0 Å². The Hall–Kier alpha value is -1.19. The third-order valence-electron chi connectivity index (χ3n) is 2.00. The van der Waals surface area contributed by atoms with Crippen molar-refractivity contribution in [2.75, 3.05) is 12.3 Å². The van der Waals surface area contributed by atoms with E-state index in [0.717, 1.165) is 31.0 Å². The number of nitrogens with two attached hydrogens (primary N) is 1. The van der Waals surface area contributed by atoms with E-state index in [2.05, 4.69) is 18.9 Å². The molecule has 2 N–H and O–H groups in total. The average molecular weight is 197 g/mol. The number of aryl methyl sites for hydroxylation is 2. The van der Waals surface area contributed by atoms with Gasteiger partial charge in [0, 0.05) is 6.54 Å². The van der Waals surface area contributed by atoms with Gasteiger partial charge < -0.3 is 10.5 Å². The Morgan fingerprint density at radius 2 is 2.07 bits per heavy atom. The fourth-order valence-electron chi connectivity index (χ4n) is 1.29. The highest BCUT2D eigenvalue weighted by Gasteiger charge is 2.12. The summed E-state index contributed by atoms with van der Waals surface area (Å²) in [4.78, 5) is 0. The molecule has 0 saturated heterocycles. The van der Waals surface area contributed by atoms with Gasteiger partial charge in [0.1, 0.15) is 5.69 Å². The van der Waals surface area contributed by atoms with E-state index in [0.29, 0.717) is 12.3 Å². The number of rotatable bonds is 5. The van der Waals surface area contributed by atoms with Gasteiger partial charge in [-0.15, -0.1) is 0 Å². The molecule has 0 fully saturated rings. The zero-order valence-corrected chi connectivity index (χ0v) is 9.21. The molecule has 1 rings (SSSR count). The Bertz CT molecular complexity index is 294. The van der Waals surface area contributed by atoms with Crippen LogP contribution in [0.25, 0.3) is 0 Å². The highest BCUT2D eigenvalue weighted by Crippen LogP contribution is 2.25. The summed E-state index contributed by atoms with van der Waals surface area (Å²) in [5, 5.41) is 4.32. The first-order valence-corrected chi connectivity index (χ1v) is 5.16. The predicted octanol–water partition coefficient (Wildman–Crippen LogP) is 1.97.